The third kappa shape index (κ3) is 3.66. The molecular weight excluding hydrogens is 337 g/mol. The van der Waals surface area contributed by atoms with Crippen LogP contribution in [0.25, 0.3) is 17.2 Å². The monoisotopic (exact) mass is 355 g/mol. The third-order valence-electron chi connectivity index (χ3n) is 3.51. The molecule has 0 radical (unpaired) electrons. The highest BCUT2D eigenvalue weighted by Crippen LogP contribution is 2.19. The summed E-state index contributed by atoms with van der Waals surface area (Å²) in [5.41, 5.74) is 5.70. The fourth-order valence-electron chi connectivity index (χ4n) is 2.17. The van der Waals surface area contributed by atoms with Gasteiger partial charge in [0.25, 0.3) is 5.91 Å². The lowest BCUT2D eigenvalue weighted by molar-refractivity contribution is 0.0889. The fourth-order valence-corrected chi connectivity index (χ4v) is 2.17. The van der Waals surface area contributed by atoms with Crippen LogP contribution in [-0.2, 0) is 0 Å². The minimum absolute atomic E-state index is 0.0935. The van der Waals surface area contributed by atoms with Crippen molar-refractivity contribution in [1.29, 1.82) is 0 Å². The van der Waals surface area contributed by atoms with Gasteiger partial charge in [0.15, 0.2) is 5.82 Å². The van der Waals surface area contributed by atoms with E-state index in [4.69, 9.17) is 5.73 Å². The Morgan fingerprint density at radius 1 is 1.27 bits per heavy atom. The summed E-state index contributed by atoms with van der Waals surface area (Å²) < 4.78 is 14.5. The molecule has 0 aromatic carbocycles. The first-order chi connectivity index (χ1) is 12.4. The minimum Gasteiger partial charge on any atom is -0.384 e. The Balaban J connectivity index is 2.06. The van der Waals surface area contributed by atoms with Gasteiger partial charge in [0.1, 0.15) is 18.2 Å². The Hall–Kier alpha value is -3.36. The molecule has 3 aromatic rings. The molecule has 3 rings (SSSR count). The highest BCUT2D eigenvalue weighted by atomic mass is 19.1. The van der Waals surface area contributed by atoms with Gasteiger partial charge in [-0.2, -0.15) is 0 Å². The Bertz CT molecular complexity index is 907. The van der Waals surface area contributed by atoms with E-state index in [1.54, 1.807) is 50.4 Å². The summed E-state index contributed by atoms with van der Waals surface area (Å²) in [6.45, 7) is 2.44. The molecule has 0 fully saturated rings. The average Bonchev–Trinajstić information content (AvgIpc) is 3.08. The maximum atomic E-state index is 13.0. The van der Waals surface area contributed by atoms with Crippen molar-refractivity contribution in [1.82, 2.24) is 30.0 Å². The number of carbonyl (C=O) groups is 1. The number of anilines is 1. The van der Waals surface area contributed by atoms with Gasteiger partial charge in [-0.25, -0.2) is 19.0 Å². The van der Waals surface area contributed by atoms with Crippen molar-refractivity contribution < 1.29 is 9.18 Å². The van der Waals surface area contributed by atoms with Gasteiger partial charge >= 0.3 is 0 Å². The van der Waals surface area contributed by atoms with E-state index in [1.807, 2.05) is 0 Å². The maximum Gasteiger partial charge on any atom is 0.291 e. The van der Waals surface area contributed by atoms with Crippen LogP contribution in [0, 0.1) is 0 Å². The van der Waals surface area contributed by atoms with Crippen LogP contribution in [0.3, 0.4) is 0 Å². The quantitative estimate of drug-likeness (QED) is 0.722. The first kappa shape index (κ1) is 17.5. The molecular formula is C17H18FN7O. The van der Waals surface area contributed by atoms with E-state index < -0.39 is 18.1 Å². The molecule has 0 atom stereocenters. The number of rotatable bonds is 5. The zero-order valence-electron chi connectivity index (χ0n) is 14.3. The molecule has 0 aliphatic rings. The predicted octanol–water partition coefficient (Wildman–Crippen LogP) is 1.78. The summed E-state index contributed by atoms with van der Waals surface area (Å²) in [5.74, 6) is 0.0484. The SMILES string of the molecule is CC(C)(CF)NC(=O)c1nc(-c2ccccn2)n(-c2ccc(N)nc2)n1. The molecule has 0 bridgehead atoms. The van der Waals surface area contributed by atoms with Crippen molar-refractivity contribution in [2.24, 2.45) is 0 Å². The minimum atomic E-state index is -1.02. The van der Waals surface area contributed by atoms with Crippen LogP contribution in [0.2, 0.25) is 0 Å². The molecule has 8 nitrogen and oxygen atoms in total. The van der Waals surface area contributed by atoms with E-state index in [-0.39, 0.29) is 5.82 Å². The lowest BCUT2D eigenvalue weighted by atomic mass is 10.1. The second kappa shape index (κ2) is 6.87. The number of hydrogen-bond donors (Lipinski definition) is 2. The van der Waals surface area contributed by atoms with Gasteiger partial charge < -0.3 is 11.1 Å². The number of amides is 1. The Morgan fingerprint density at radius 2 is 2.08 bits per heavy atom. The van der Waals surface area contributed by atoms with Crippen molar-refractivity contribution in [2.75, 3.05) is 12.4 Å². The molecule has 0 spiro atoms. The maximum absolute atomic E-state index is 13.0. The molecule has 26 heavy (non-hydrogen) atoms. The number of hydrogen-bond acceptors (Lipinski definition) is 6. The highest BCUT2D eigenvalue weighted by Gasteiger charge is 2.25. The molecule has 0 saturated carbocycles. The summed E-state index contributed by atoms with van der Waals surface area (Å²) in [5, 5.41) is 6.82. The van der Waals surface area contributed by atoms with Crippen LogP contribution >= 0.6 is 0 Å². The molecule has 0 aliphatic heterocycles. The Labute approximate surface area is 149 Å². The average molecular weight is 355 g/mol. The molecule has 3 N–H and O–H groups in total. The normalized spacial score (nSPS) is 11.3. The first-order valence-electron chi connectivity index (χ1n) is 7.88. The molecule has 3 heterocycles. The van der Waals surface area contributed by atoms with E-state index >= 15 is 0 Å². The van der Waals surface area contributed by atoms with Gasteiger partial charge in [-0.05, 0) is 38.1 Å². The number of pyridine rings is 2. The van der Waals surface area contributed by atoms with Crippen molar-refractivity contribution in [3.63, 3.8) is 0 Å². The number of nitrogens with one attached hydrogen (secondary N) is 1. The lowest BCUT2D eigenvalue weighted by Gasteiger charge is -2.21. The van der Waals surface area contributed by atoms with Gasteiger partial charge in [0.05, 0.1) is 17.4 Å². The summed E-state index contributed by atoms with van der Waals surface area (Å²) >= 11 is 0. The van der Waals surface area contributed by atoms with E-state index in [2.05, 4.69) is 25.4 Å². The molecule has 134 valence electrons. The summed E-state index contributed by atoms with van der Waals surface area (Å²) in [4.78, 5) is 25.0. The van der Waals surface area contributed by atoms with E-state index in [0.29, 0.717) is 23.0 Å². The van der Waals surface area contributed by atoms with Crippen LogP contribution < -0.4 is 11.1 Å². The zero-order chi connectivity index (χ0) is 18.7. The zero-order valence-corrected chi connectivity index (χ0v) is 14.3. The second-order valence-electron chi connectivity index (χ2n) is 6.30. The van der Waals surface area contributed by atoms with Gasteiger partial charge in [-0.1, -0.05) is 6.07 Å². The molecule has 0 saturated heterocycles. The van der Waals surface area contributed by atoms with Gasteiger partial charge in [0, 0.05) is 6.20 Å². The molecule has 3 aromatic heterocycles. The van der Waals surface area contributed by atoms with Crippen LogP contribution in [-0.4, -0.2) is 42.9 Å². The van der Waals surface area contributed by atoms with Crippen molar-refractivity contribution >= 4 is 11.7 Å². The summed E-state index contributed by atoms with van der Waals surface area (Å²) in [6, 6.07) is 8.64. The Kier molecular flexibility index (Phi) is 4.61. The van der Waals surface area contributed by atoms with Gasteiger partial charge in [-0.15, -0.1) is 5.10 Å². The van der Waals surface area contributed by atoms with E-state index in [0.717, 1.165) is 0 Å². The van der Waals surface area contributed by atoms with Crippen molar-refractivity contribution in [2.45, 2.75) is 19.4 Å². The van der Waals surface area contributed by atoms with Gasteiger partial charge in [-0.3, -0.25) is 9.78 Å². The van der Waals surface area contributed by atoms with Crippen LogP contribution in [0.4, 0.5) is 10.2 Å². The summed E-state index contributed by atoms with van der Waals surface area (Å²) in [6.07, 6.45) is 3.13. The predicted molar refractivity (Wildman–Crippen MR) is 94.3 cm³/mol. The number of halogens is 1. The summed E-state index contributed by atoms with van der Waals surface area (Å²) in [7, 11) is 0. The largest absolute Gasteiger partial charge is 0.384 e. The van der Waals surface area contributed by atoms with E-state index in [9.17, 15) is 9.18 Å². The van der Waals surface area contributed by atoms with E-state index in [1.165, 1.54) is 10.9 Å². The molecule has 0 aliphatic carbocycles. The number of nitrogens with zero attached hydrogens (tertiary/aromatic N) is 5. The molecule has 9 heteroatoms. The second-order valence-corrected chi connectivity index (χ2v) is 6.30. The number of nitrogens with two attached hydrogens (primary N) is 1. The van der Waals surface area contributed by atoms with Crippen molar-refractivity contribution in [3.8, 4) is 17.2 Å². The number of nitrogen functional groups attached to an aromatic ring is 1. The third-order valence-corrected chi connectivity index (χ3v) is 3.51. The lowest BCUT2D eigenvalue weighted by Crippen LogP contribution is -2.45. The van der Waals surface area contributed by atoms with Crippen LogP contribution in [0.1, 0.15) is 24.5 Å². The van der Waals surface area contributed by atoms with Crippen LogP contribution in [0.15, 0.2) is 42.7 Å². The number of alkyl halides is 1. The Morgan fingerprint density at radius 3 is 2.69 bits per heavy atom. The molecule has 0 unspecified atom stereocenters. The number of aromatic nitrogens is 5. The van der Waals surface area contributed by atoms with Gasteiger partial charge in [0.2, 0.25) is 5.82 Å². The first-order valence-corrected chi connectivity index (χ1v) is 7.88. The van der Waals surface area contributed by atoms with Crippen LogP contribution in [0.5, 0.6) is 0 Å². The molecule has 1 amide bonds. The van der Waals surface area contributed by atoms with Crippen molar-refractivity contribution in [3.05, 3.63) is 48.5 Å². The smallest absolute Gasteiger partial charge is 0.291 e. The fraction of sp³-hybridized carbons (Fsp3) is 0.235. The topological polar surface area (TPSA) is 112 Å². The standard InChI is InChI=1S/C17H18FN7O/c1-17(2,10-18)23-16(26)14-22-15(12-5-3-4-8-20-12)25(24-14)11-6-7-13(19)21-9-11/h3-9H,10H2,1-2H3,(H2,19,21)(H,23,26). The highest BCUT2D eigenvalue weighted by molar-refractivity contribution is 5.91. The number of carbonyl (C=O) groups excluding carboxylic acids is 1.